The maximum Gasteiger partial charge on any atom is 0.124 e. The fourth-order valence-corrected chi connectivity index (χ4v) is 1.54. The van der Waals surface area contributed by atoms with Crippen LogP contribution in [0.25, 0.3) is 0 Å². The van der Waals surface area contributed by atoms with Gasteiger partial charge in [0.2, 0.25) is 0 Å². The largest absolute Gasteiger partial charge is 0.370 e. The number of nitrogens with two attached hydrogens (primary N) is 1. The minimum atomic E-state index is -0.0654. The maximum absolute atomic E-state index is 5.90. The van der Waals surface area contributed by atoms with Crippen molar-refractivity contribution in [3.8, 4) is 0 Å². The molecule has 0 unspecified atom stereocenters. The lowest BCUT2D eigenvalue weighted by atomic mass is 10.0. The van der Waals surface area contributed by atoms with Crippen molar-refractivity contribution in [2.24, 2.45) is 12.8 Å². The van der Waals surface area contributed by atoms with E-state index in [0.717, 1.165) is 30.9 Å². The van der Waals surface area contributed by atoms with Crippen molar-refractivity contribution in [1.82, 2.24) is 9.78 Å². The molecule has 0 saturated heterocycles. The van der Waals surface area contributed by atoms with E-state index in [-0.39, 0.29) is 5.54 Å². The summed E-state index contributed by atoms with van der Waals surface area (Å²) < 4.78 is 1.86. The van der Waals surface area contributed by atoms with Gasteiger partial charge in [-0.05, 0) is 33.6 Å². The Morgan fingerprint density at radius 3 is 2.67 bits per heavy atom. The molecule has 0 fully saturated rings. The molecule has 1 rings (SSSR count). The minimum absolute atomic E-state index is 0.0654. The Balaban J connectivity index is 2.29. The lowest BCUT2D eigenvalue weighted by Crippen LogP contribution is -2.32. The molecule has 0 atom stereocenters. The van der Waals surface area contributed by atoms with Crippen LogP contribution in [-0.2, 0) is 7.05 Å². The molecule has 0 aliphatic rings. The number of hydrogen-bond acceptors (Lipinski definition) is 3. The van der Waals surface area contributed by atoms with Crippen molar-refractivity contribution >= 4 is 5.82 Å². The van der Waals surface area contributed by atoms with E-state index >= 15 is 0 Å². The fourth-order valence-electron chi connectivity index (χ4n) is 1.54. The molecule has 1 aromatic rings. The number of hydrogen-bond donors (Lipinski definition) is 2. The molecule has 0 aliphatic heterocycles. The standard InChI is InChI=1S/C11H22N4/c1-9-8-10(15(4)14-9)13-7-5-6-11(2,3)12/h8,13H,5-7,12H2,1-4H3. The SMILES string of the molecule is Cc1cc(NCCCC(C)(C)N)n(C)n1. The maximum atomic E-state index is 5.90. The first kappa shape index (κ1) is 12.0. The van der Waals surface area contributed by atoms with E-state index in [9.17, 15) is 0 Å². The summed E-state index contributed by atoms with van der Waals surface area (Å²) >= 11 is 0. The molecule has 4 nitrogen and oxygen atoms in total. The Morgan fingerprint density at radius 2 is 2.20 bits per heavy atom. The summed E-state index contributed by atoms with van der Waals surface area (Å²) in [7, 11) is 1.95. The van der Waals surface area contributed by atoms with Gasteiger partial charge in [-0.2, -0.15) is 5.10 Å². The zero-order valence-electron chi connectivity index (χ0n) is 10.2. The van der Waals surface area contributed by atoms with E-state index in [0.29, 0.717) is 0 Å². The van der Waals surface area contributed by atoms with Gasteiger partial charge < -0.3 is 11.1 Å². The van der Waals surface area contributed by atoms with Crippen LogP contribution in [0.1, 0.15) is 32.4 Å². The third-order valence-corrected chi connectivity index (χ3v) is 2.31. The Morgan fingerprint density at radius 1 is 1.53 bits per heavy atom. The Hall–Kier alpha value is -1.03. The lowest BCUT2D eigenvalue weighted by molar-refractivity contribution is 0.465. The molecule has 1 aromatic heterocycles. The summed E-state index contributed by atoms with van der Waals surface area (Å²) in [5.74, 6) is 1.07. The topological polar surface area (TPSA) is 55.9 Å². The third kappa shape index (κ3) is 4.34. The second-order valence-corrected chi connectivity index (χ2v) is 4.81. The third-order valence-electron chi connectivity index (χ3n) is 2.31. The van der Waals surface area contributed by atoms with Crippen LogP contribution in [-0.4, -0.2) is 21.9 Å². The molecule has 4 heteroatoms. The first-order chi connectivity index (χ1) is 6.88. The molecule has 0 bridgehead atoms. The summed E-state index contributed by atoms with van der Waals surface area (Å²) in [5.41, 5.74) is 6.88. The van der Waals surface area contributed by atoms with Gasteiger partial charge in [-0.25, -0.2) is 0 Å². The van der Waals surface area contributed by atoms with Crippen molar-refractivity contribution < 1.29 is 0 Å². The zero-order chi connectivity index (χ0) is 11.5. The molecule has 15 heavy (non-hydrogen) atoms. The summed E-state index contributed by atoms with van der Waals surface area (Å²) in [6.45, 7) is 7.05. The van der Waals surface area contributed by atoms with Crippen LogP contribution in [0.4, 0.5) is 5.82 Å². The summed E-state index contributed by atoms with van der Waals surface area (Å²) in [5, 5.41) is 7.62. The average molecular weight is 210 g/mol. The first-order valence-electron chi connectivity index (χ1n) is 5.42. The van der Waals surface area contributed by atoms with Crippen LogP contribution >= 0.6 is 0 Å². The van der Waals surface area contributed by atoms with Crippen molar-refractivity contribution in [2.75, 3.05) is 11.9 Å². The van der Waals surface area contributed by atoms with Crippen molar-refractivity contribution in [3.05, 3.63) is 11.8 Å². The Labute approximate surface area is 91.8 Å². The number of nitrogens with zero attached hydrogens (tertiary/aromatic N) is 2. The lowest BCUT2D eigenvalue weighted by Gasteiger charge is -2.18. The Kier molecular flexibility index (Phi) is 3.74. The number of anilines is 1. The van der Waals surface area contributed by atoms with Crippen molar-refractivity contribution in [1.29, 1.82) is 0 Å². The molecule has 0 aromatic carbocycles. The molecular formula is C11H22N4. The van der Waals surface area contributed by atoms with Gasteiger partial charge in [0.05, 0.1) is 5.69 Å². The monoisotopic (exact) mass is 210 g/mol. The number of nitrogens with one attached hydrogen (secondary N) is 1. The van der Waals surface area contributed by atoms with Gasteiger partial charge in [0.15, 0.2) is 0 Å². The molecular weight excluding hydrogens is 188 g/mol. The number of aryl methyl sites for hydroxylation is 2. The predicted molar refractivity (Wildman–Crippen MR) is 63.9 cm³/mol. The van der Waals surface area contributed by atoms with E-state index < -0.39 is 0 Å². The molecule has 0 aliphatic carbocycles. The van der Waals surface area contributed by atoms with Gasteiger partial charge in [-0.3, -0.25) is 4.68 Å². The first-order valence-corrected chi connectivity index (χ1v) is 5.42. The van der Waals surface area contributed by atoms with Gasteiger partial charge in [0.1, 0.15) is 5.82 Å². The average Bonchev–Trinajstić information content (AvgIpc) is 2.37. The number of aromatic nitrogens is 2. The molecule has 3 N–H and O–H groups in total. The molecule has 0 saturated carbocycles. The van der Waals surface area contributed by atoms with Gasteiger partial charge >= 0.3 is 0 Å². The van der Waals surface area contributed by atoms with E-state index in [1.54, 1.807) is 0 Å². The van der Waals surface area contributed by atoms with E-state index in [2.05, 4.69) is 24.3 Å². The van der Waals surface area contributed by atoms with Crippen LogP contribution in [0.2, 0.25) is 0 Å². The summed E-state index contributed by atoms with van der Waals surface area (Å²) in [6, 6.07) is 2.05. The van der Waals surface area contributed by atoms with E-state index in [1.807, 2.05) is 24.7 Å². The van der Waals surface area contributed by atoms with Gasteiger partial charge in [-0.1, -0.05) is 0 Å². The molecule has 0 spiro atoms. The van der Waals surface area contributed by atoms with Gasteiger partial charge in [0.25, 0.3) is 0 Å². The number of rotatable bonds is 5. The van der Waals surface area contributed by atoms with Crippen LogP contribution in [0.5, 0.6) is 0 Å². The molecule has 1 heterocycles. The van der Waals surface area contributed by atoms with Crippen molar-refractivity contribution in [3.63, 3.8) is 0 Å². The van der Waals surface area contributed by atoms with E-state index in [1.165, 1.54) is 0 Å². The Bertz CT molecular complexity index is 309. The molecule has 0 radical (unpaired) electrons. The second kappa shape index (κ2) is 4.66. The van der Waals surface area contributed by atoms with Gasteiger partial charge in [0, 0.05) is 25.2 Å². The predicted octanol–water partition coefficient (Wildman–Crippen LogP) is 1.66. The van der Waals surface area contributed by atoms with Crippen LogP contribution in [0, 0.1) is 6.92 Å². The highest BCUT2D eigenvalue weighted by molar-refractivity contribution is 5.36. The van der Waals surface area contributed by atoms with Crippen LogP contribution in [0.15, 0.2) is 6.07 Å². The highest BCUT2D eigenvalue weighted by Crippen LogP contribution is 2.10. The molecule has 86 valence electrons. The summed E-state index contributed by atoms with van der Waals surface area (Å²) in [6.07, 6.45) is 2.10. The van der Waals surface area contributed by atoms with E-state index in [4.69, 9.17) is 5.73 Å². The highest BCUT2D eigenvalue weighted by Gasteiger charge is 2.09. The second-order valence-electron chi connectivity index (χ2n) is 4.81. The van der Waals surface area contributed by atoms with Crippen LogP contribution in [0.3, 0.4) is 0 Å². The minimum Gasteiger partial charge on any atom is -0.370 e. The smallest absolute Gasteiger partial charge is 0.124 e. The van der Waals surface area contributed by atoms with Crippen molar-refractivity contribution in [2.45, 2.75) is 39.2 Å². The zero-order valence-corrected chi connectivity index (χ0v) is 10.2. The van der Waals surface area contributed by atoms with Gasteiger partial charge in [-0.15, -0.1) is 0 Å². The summed E-state index contributed by atoms with van der Waals surface area (Å²) in [4.78, 5) is 0. The quantitative estimate of drug-likeness (QED) is 0.727. The fraction of sp³-hybridized carbons (Fsp3) is 0.727. The normalized spacial score (nSPS) is 11.8. The van der Waals surface area contributed by atoms with Crippen LogP contribution < -0.4 is 11.1 Å². The highest BCUT2D eigenvalue weighted by atomic mass is 15.3. The molecule has 0 amide bonds.